The lowest BCUT2D eigenvalue weighted by molar-refractivity contribution is 0.0457. The number of pyridine rings is 1. The van der Waals surface area contributed by atoms with Crippen LogP contribution in [0.2, 0.25) is 0 Å². The second-order valence-corrected chi connectivity index (χ2v) is 7.69. The molecule has 0 saturated heterocycles. The monoisotopic (exact) mass is 450 g/mol. The third-order valence-corrected chi connectivity index (χ3v) is 4.72. The quantitative estimate of drug-likeness (QED) is 0.387. The van der Waals surface area contributed by atoms with E-state index in [2.05, 4.69) is 10.3 Å². The summed E-state index contributed by atoms with van der Waals surface area (Å²) >= 11 is 0. The Morgan fingerprint density at radius 3 is 2.27 bits per heavy atom. The molecule has 0 saturated carbocycles. The molecule has 1 aromatic heterocycles. The lowest BCUT2D eigenvalue weighted by atomic mass is 10.1. The minimum Gasteiger partial charge on any atom is -0.465 e. The molecule has 0 bridgehead atoms. The summed E-state index contributed by atoms with van der Waals surface area (Å²) in [6.07, 6.45) is 1.43. The predicted molar refractivity (Wildman–Crippen MR) is 124 cm³/mol. The van der Waals surface area contributed by atoms with E-state index in [0.717, 1.165) is 0 Å². The van der Waals surface area contributed by atoms with Crippen LogP contribution >= 0.6 is 0 Å². The van der Waals surface area contributed by atoms with Gasteiger partial charge in [0, 0.05) is 17.3 Å². The van der Waals surface area contributed by atoms with Gasteiger partial charge in [-0.3, -0.25) is 4.98 Å². The second kappa shape index (κ2) is 10.6. The summed E-state index contributed by atoms with van der Waals surface area (Å²) in [4.78, 5) is 41.1. The fourth-order valence-electron chi connectivity index (χ4n) is 3.10. The van der Waals surface area contributed by atoms with Gasteiger partial charge in [0.15, 0.2) is 0 Å². The number of fused-ring (bicyclic) bond motifs is 1. The number of nitrogens with zero attached hydrogens (tertiary/aromatic N) is 1. The van der Waals surface area contributed by atoms with E-state index >= 15 is 0 Å². The maximum Gasteiger partial charge on any atom is 0.341 e. The van der Waals surface area contributed by atoms with E-state index < -0.39 is 17.9 Å². The molecule has 0 radical (unpaired) electrons. The second-order valence-electron chi connectivity index (χ2n) is 7.69. The smallest absolute Gasteiger partial charge is 0.341 e. The van der Waals surface area contributed by atoms with E-state index in [1.165, 1.54) is 13.3 Å². The first-order valence-corrected chi connectivity index (χ1v) is 10.6. The molecular formula is C25H26N2O6. The van der Waals surface area contributed by atoms with Crippen molar-refractivity contribution in [3.63, 3.8) is 0 Å². The Bertz CT molecular complexity index is 1170. The number of ether oxygens (including phenoxy) is 3. The summed E-state index contributed by atoms with van der Waals surface area (Å²) in [7, 11) is 1.30. The van der Waals surface area contributed by atoms with Crippen LogP contribution in [0.4, 0.5) is 11.4 Å². The van der Waals surface area contributed by atoms with Crippen LogP contribution in [-0.2, 0) is 14.2 Å². The molecule has 8 heteroatoms. The average molecular weight is 450 g/mol. The van der Waals surface area contributed by atoms with Crippen LogP contribution in [0.5, 0.6) is 0 Å². The SMILES string of the molecule is CCOC(=O)c1cnc2ccc(C(=O)OC)cc2c1Nc1ccc(C(=O)OCC(C)C)cc1. The lowest BCUT2D eigenvalue weighted by Crippen LogP contribution is -2.11. The van der Waals surface area contributed by atoms with E-state index in [0.29, 0.717) is 40.0 Å². The van der Waals surface area contributed by atoms with Gasteiger partial charge in [0.05, 0.1) is 42.7 Å². The van der Waals surface area contributed by atoms with Crippen molar-refractivity contribution in [3.8, 4) is 0 Å². The van der Waals surface area contributed by atoms with Crippen LogP contribution in [0, 0.1) is 5.92 Å². The first-order chi connectivity index (χ1) is 15.8. The molecule has 0 aliphatic heterocycles. The Hall–Kier alpha value is -3.94. The number of nitrogens with one attached hydrogen (secondary N) is 1. The van der Waals surface area contributed by atoms with Crippen LogP contribution in [-0.4, -0.2) is 43.2 Å². The Morgan fingerprint density at radius 2 is 1.64 bits per heavy atom. The summed E-state index contributed by atoms with van der Waals surface area (Å²) < 4.78 is 15.3. The summed E-state index contributed by atoms with van der Waals surface area (Å²) in [5.41, 5.74) is 2.58. The highest BCUT2D eigenvalue weighted by Crippen LogP contribution is 2.31. The lowest BCUT2D eigenvalue weighted by Gasteiger charge is -2.15. The molecule has 0 unspecified atom stereocenters. The third kappa shape index (κ3) is 5.65. The predicted octanol–water partition coefficient (Wildman–Crippen LogP) is 4.75. The molecular weight excluding hydrogens is 424 g/mol. The van der Waals surface area contributed by atoms with Crippen molar-refractivity contribution in [2.45, 2.75) is 20.8 Å². The van der Waals surface area contributed by atoms with E-state index in [-0.39, 0.29) is 18.1 Å². The number of carbonyl (C=O) groups excluding carboxylic acids is 3. The molecule has 172 valence electrons. The molecule has 0 atom stereocenters. The number of aromatic nitrogens is 1. The van der Waals surface area contributed by atoms with Crippen molar-refractivity contribution < 1.29 is 28.6 Å². The minimum atomic E-state index is -0.549. The summed E-state index contributed by atoms with van der Waals surface area (Å²) in [5.74, 6) is -1.22. The third-order valence-electron chi connectivity index (χ3n) is 4.72. The Morgan fingerprint density at radius 1 is 0.939 bits per heavy atom. The normalized spacial score (nSPS) is 10.7. The summed E-state index contributed by atoms with van der Waals surface area (Å²) in [5, 5.41) is 3.76. The van der Waals surface area contributed by atoms with Crippen LogP contribution in [0.1, 0.15) is 51.8 Å². The zero-order valence-corrected chi connectivity index (χ0v) is 19.0. The number of methoxy groups -OCH3 is 1. The number of hydrogen-bond donors (Lipinski definition) is 1. The minimum absolute atomic E-state index is 0.200. The highest BCUT2D eigenvalue weighted by Gasteiger charge is 2.19. The molecule has 0 aliphatic carbocycles. The van der Waals surface area contributed by atoms with Gasteiger partial charge in [-0.05, 0) is 55.3 Å². The topological polar surface area (TPSA) is 104 Å². The molecule has 0 spiro atoms. The zero-order valence-electron chi connectivity index (χ0n) is 19.0. The van der Waals surface area contributed by atoms with Gasteiger partial charge in [0.2, 0.25) is 0 Å². The van der Waals surface area contributed by atoms with Crippen LogP contribution in [0.25, 0.3) is 10.9 Å². The van der Waals surface area contributed by atoms with Crippen molar-refractivity contribution in [2.24, 2.45) is 5.92 Å². The Balaban J connectivity index is 2.00. The van der Waals surface area contributed by atoms with Gasteiger partial charge in [0.25, 0.3) is 0 Å². The first kappa shape index (κ1) is 23.7. The molecule has 3 rings (SSSR count). The van der Waals surface area contributed by atoms with E-state index in [4.69, 9.17) is 14.2 Å². The zero-order chi connectivity index (χ0) is 24.0. The van der Waals surface area contributed by atoms with Crippen molar-refractivity contribution in [1.29, 1.82) is 0 Å². The number of esters is 3. The number of hydrogen-bond acceptors (Lipinski definition) is 8. The fourth-order valence-corrected chi connectivity index (χ4v) is 3.10. The van der Waals surface area contributed by atoms with E-state index in [9.17, 15) is 14.4 Å². The highest BCUT2D eigenvalue weighted by molar-refractivity contribution is 6.07. The summed E-state index contributed by atoms with van der Waals surface area (Å²) in [6, 6.07) is 11.6. The van der Waals surface area contributed by atoms with Crippen molar-refractivity contribution in [2.75, 3.05) is 25.6 Å². The van der Waals surface area contributed by atoms with Crippen LogP contribution < -0.4 is 5.32 Å². The molecule has 2 aromatic carbocycles. The van der Waals surface area contributed by atoms with Crippen molar-refractivity contribution in [1.82, 2.24) is 4.98 Å². The highest BCUT2D eigenvalue weighted by atomic mass is 16.5. The number of benzene rings is 2. The van der Waals surface area contributed by atoms with Crippen LogP contribution in [0.3, 0.4) is 0 Å². The van der Waals surface area contributed by atoms with Gasteiger partial charge >= 0.3 is 17.9 Å². The van der Waals surface area contributed by atoms with Crippen molar-refractivity contribution in [3.05, 3.63) is 65.4 Å². The molecule has 1 heterocycles. The van der Waals surface area contributed by atoms with Gasteiger partial charge in [-0.1, -0.05) is 13.8 Å². The Kier molecular flexibility index (Phi) is 7.61. The molecule has 8 nitrogen and oxygen atoms in total. The summed E-state index contributed by atoms with van der Waals surface area (Å²) in [6.45, 7) is 6.18. The maximum atomic E-state index is 12.6. The number of anilines is 2. The average Bonchev–Trinajstić information content (AvgIpc) is 2.82. The Labute approximate surface area is 191 Å². The van der Waals surface area contributed by atoms with Gasteiger partial charge in [-0.25, -0.2) is 14.4 Å². The maximum absolute atomic E-state index is 12.6. The first-order valence-electron chi connectivity index (χ1n) is 10.6. The molecule has 3 aromatic rings. The number of carbonyl (C=O) groups is 3. The van der Waals surface area contributed by atoms with Gasteiger partial charge in [-0.2, -0.15) is 0 Å². The van der Waals surface area contributed by atoms with E-state index in [1.807, 2.05) is 13.8 Å². The fraction of sp³-hybridized carbons (Fsp3) is 0.280. The molecule has 0 fully saturated rings. The van der Waals surface area contributed by atoms with Crippen molar-refractivity contribution >= 4 is 40.2 Å². The van der Waals surface area contributed by atoms with Gasteiger partial charge in [0.1, 0.15) is 5.56 Å². The van der Waals surface area contributed by atoms with Gasteiger partial charge in [-0.15, -0.1) is 0 Å². The molecule has 1 N–H and O–H groups in total. The van der Waals surface area contributed by atoms with Gasteiger partial charge < -0.3 is 19.5 Å². The molecule has 0 amide bonds. The molecule has 33 heavy (non-hydrogen) atoms. The van der Waals surface area contributed by atoms with E-state index in [1.54, 1.807) is 49.4 Å². The standard InChI is InChI=1S/C25H26N2O6/c1-5-32-25(30)20-13-26-21-11-8-17(23(28)31-4)12-19(21)22(20)27-18-9-6-16(7-10-18)24(29)33-14-15(2)3/h6-13,15H,5,14H2,1-4H3,(H,26,27). The van der Waals surface area contributed by atoms with Crippen LogP contribution in [0.15, 0.2) is 48.7 Å². The largest absolute Gasteiger partial charge is 0.465 e. The molecule has 0 aliphatic rings. The number of rotatable bonds is 8.